The second-order valence-corrected chi connectivity index (χ2v) is 19.2. The van der Waals surface area contributed by atoms with E-state index in [2.05, 4.69) is 302 Å². The molecule has 1 aliphatic carbocycles. The Morgan fingerprint density at radius 3 is 1.32 bits per heavy atom. The average Bonchev–Trinajstić information content (AvgIpc) is 3.90. The minimum atomic E-state index is 0. The first-order valence-electron chi connectivity index (χ1n) is 21.7. The van der Waals surface area contributed by atoms with Gasteiger partial charge in [-0.15, -0.1) is 0 Å². The Morgan fingerprint density at radius 1 is 0.333 bits per heavy atom. The van der Waals surface area contributed by atoms with Gasteiger partial charge in [-0.3, -0.25) is 0 Å². The van der Waals surface area contributed by atoms with Crippen molar-refractivity contribution in [2.24, 2.45) is 0 Å². The maximum atomic E-state index is 3.69. The summed E-state index contributed by atoms with van der Waals surface area (Å²) in [5, 5.41) is 2.52. The zero-order valence-electron chi connectivity index (χ0n) is 35.4. The summed E-state index contributed by atoms with van der Waals surface area (Å²) in [6.45, 7) is 0. The summed E-state index contributed by atoms with van der Waals surface area (Å²) in [5.74, 6) is 0. The third-order valence-electron chi connectivity index (χ3n) is 11.9. The van der Waals surface area contributed by atoms with Crippen molar-refractivity contribution in [3.8, 4) is 61.3 Å². The number of fused-ring (bicyclic) bond motifs is 6. The molecular weight excluding hydrogens is 1050 g/mol. The molecule has 320 valence electrons. The lowest BCUT2D eigenvalue weighted by molar-refractivity contribution is 1.18. The van der Waals surface area contributed by atoms with Gasteiger partial charge in [0.05, 0.1) is 11.0 Å². The largest absolute Gasteiger partial charge is 0.309 e. The Bertz CT molecular complexity index is 3300. The molecule has 0 N–H and O–H groups in total. The molecule has 10 aromatic carbocycles. The summed E-state index contributed by atoms with van der Waals surface area (Å²) in [6.07, 6.45) is 1.07. The van der Waals surface area contributed by atoms with E-state index in [0.29, 0.717) is 0 Å². The molecule has 0 amide bonds. The average molecular weight is 1090 g/mol. The Morgan fingerprint density at radius 2 is 0.758 bits per heavy atom. The third kappa shape index (κ3) is 9.78. The van der Waals surface area contributed by atoms with Gasteiger partial charge in [0.1, 0.15) is 0 Å². The van der Waals surface area contributed by atoms with Gasteiger partial charge in [0.15, 0.2) is 0 Å². The number of para-hydroxylation sites is 1. The van der Waals surface area contributed by atoms with Crippen LogP contribution in [0.4, 0.5) is 0 Å². The van der Waals surface area contributed by atoms with Gasteiger partial charge in [0.2, 0.25) is 0 Å². The van der Waals surface area contributed by atoms with E-state index in [1.54, 1.807) is 0 Å². The summed E-state index contributed by atoms with van der Waals surface area (Å²) in [4.78, 5) is 0. The maximum Gasteiger partial charge on any atom is 0.0552 e. The molecule has 0 saturated carbocycles. The molecule has 0 saturated heterocycles. The summed E-state index contributed by atoms with van der Waals surface area (Å²) < 4.78 is 5.90. The van der Waals surface area contributed by atoms with Crippen molar-refractivity contribution in [2.75, 3.05) is 0 Å². The van der Waals surface area contributed by atoms with Crippen LogP contribution in [0, 0.1) is 3.57 Å². The number of nitrogens with zero attached hydrogens (tertiary/aromatic N) is 1. The van der Waals surface area contributed by atoms with E-state index in [0.717, 1.165) is 16.6 Å². The van der Waals surface area contributed by atoms with Crippen molar-refractivity contribution in [3.63, 3.8) is 0 Å². The van der Waals surface area contributed by atoms with E-state index in [4.69, 9.17) is 0 Å². The van der Waals surface area contributed by atoms with Gasteiger partial charge in [0.25, 0.3) is 0 Å². The highest BCUT2D eigenvalue weighted by Gasteiger charge is 2.18. The second kappa shape index (κ2) is 20.5. The minimum Gasteiger partial charge on any atom is -0.309 e. The number of rotatable bonds is 5. The van der Waals surface area contributed by atoms with Gasteiger partial charge in [-0.1, -0.05) is 215 Å². The predicted octanol–water partition coefficient (Wildman–Crippen LogP) is 19.2. The highest BCUT2D eigenvalue weighted by molar-refractivity contribution is 14.1. The molecule has 0 bridgehead atoms. The van der Waals surface area contributed by atoms with Crippen molar-refractivity contribution in [1.82, 2.24) is 4.57 Å². The topological polar surface area (TPSA) is 4.93 Å². The molecule has 0 aliphatic heterocycles. The number of aromatic nitrogens is 1. The molecule has 0 spiro atoms. The van der Waals surface area contributed by atoms with Gasteiger partial charge < -0.3 is 4.57 Å². The first kappa shape index (κ1) is 44.9. The lowest BCUT2D eigenvalue weighted by atomic mass is 9.98. The minimum absolute atomic E-state index is 0. The van der Waals surface area contributed by atoms with E-state index in [1.807, 2.05) is 0 Å². The summed E-state index contributed by atoms with van der Waals surface area (Å²) in [6, 6.07) is 86.2. The zero-order valence-corrected chi connectivity index (χ0v) is 40.7. The van der Waals surface area contributed by atoms with Crippen LogP contribution in [0.2, 0.25) is 0 Å². The van der Waals surface area contributed by atoms with E-state index in [1.165, 1.54) is 96.6 Å². The van der Waals surface area contributed by atoms with E-state index in [9.17, 15) is 0 Å². The van der Waals surface area contributed by atoms with Gasteiger partial charge in [-0.2, -0.15) is 0 Å². The highest BCUT2D eigenvalue weighted by Crippen LogP contribution is 2.39. The van der Waals surface area contributed by atoms with Crippen molar-refractivity contribution < 1.29 is 0 Å². The van der Waals surface area contributed by atoms with Gasteiger partial charge in [-0.25, -0.2) is 0 Å². The van der Waals surface area contributed by atoms with Gasteiger partial charge in [0, 0.05) is 29.0 Å². The molecule has 1 heterocycles. The summed E-state index contributed by atoms with van der Waals surface area (Å²) in [7, 11) is 0. The Kier molecular flexibility index (Phi) is 13.9. The molecule has 4 heteroatoms. The SMILES string of the molecule is Brc1ccc2c(c1)Cc1ccccc1-2.Brc1ccc2c3ccccc3n(-c3cc(-c4ccccc4)cc(-c4ccccc4)c3)c2c1.C.Ic1cc(-c2ccccc2)cc(-c2ccccc2)c1. The van der Waals surface area contributed by atoms with Crippen LogP contribution in [0.5, 0.6) is 0 Å². The molecule has 1 aliphatic rings. The third-order valence-corrected chi connectivity index (χ3v) is 13.5. The molecule has 66 heavy (non-hydrogen) atoms. The summed E-state index contributed by atoms with van der Waals surface area (Å²) >= 11 is 9.58. The lowest BCUT2D eigenvalue weighted by Gasteiger charge is -2.14. The van der Waals surface area contributed by atoms with Crippen LogP contribution in [-0.2, 0) is 6.42 Å². The monoisotopic (exact) mass is 1090 g/mol. The number of halogens is 3. The fraction of sp³-hybridized carbons (Fsp3) is 0.0323. The standard InChI is InChI=1S/C30H20BrN.C18H13I.C13H9Br.CH4/c31-25-15-16-28-27-13-7-8-14-29(27)32(30(28)20-25)26-18-23(21-9-3-1-4-10-21)17-24(19-26)22-11-5-2-6-12-22;19-18-12-16(14-7-3-1-4-8-14)11-17(13-18)15-9-5-2-6-10-15;14-11-5-6-13-10(8-11)7-9-3-1-2-4-12(9)13;/h1-20H;1-13H;1-6,8H,7H2;1H4. The van der Waals surface area contributed by atoms with Crippen LogP contribution < -0.4 is 0 Å². The first-order valence-corrected chi connectivity index (χ1v) is 24.3. The second-order valence-electron chi connectivity index (χ2n) is 16.1. The van der Waals surface area contributed by atoms with Crippen LogP contribution in [-0.4, -0.2) is 4.57 Å². The van der Waals surface area contributed by atoms with Crippen LogP contribution in [0.1, 0.15) is 18.6 Å². The molecular formula is C62H46Br2IN. The molecule has 1 nitrogen and oxygen atoms in total. The normalized spacial score (nSPS) is 11.1. The smallest absolute Gasteiger partial charge is 0.0552 e. The molecule has 0 atom stereocenters. The van der Waals surface area contributed by atoms with Crippen molar-refractivity contribution in [1.29, 1.82) is 0 Å². The van der Waals surface area contributed by atoms with Crippen molar-refractivity contribution in [2.45, 2.75) is 13.8 Å². The van der Waals surface area contributed by atoms with Crippen LogP contribution in [0.15, 0.2) is 252 Å². The van der Waals surface area contributed by atoms with Gasteiger partial charge >= 0.3 is 0 Å². The molecule has 1 aromatic heterocycles. The fourth-order valence-corrected chi connectivity index (χ4v) is 10.3. The van der Waals surface area contributed by atoms with Gasteiger partial charge in [-0.05, 0) is 163 Å². The molecule has 0 unspecified atom stereocenters. The number of hydrogen-bond donors (Lipinski definition) is 0. The maximum absolute atomic E-state index is 3.69. The number of benzene rings is 10. The first-order chi connectivity index (χ1) is 31.9. The van der Waals surface area contributed by atoms with Crippen LogP contribution in [0.25, 0.3) is 83.1 Å². The van der Waals surface area contributed by atoms with Crippen LogP contribution >= 0.6 is 54.5 Å². The molecule has 11 aromatic rings. The quantitative estimate of drug-likeness (QED) is 0.151. The highest BCUT2D eigenvalue weighted by atomic mass is 127. The number of hydrogen-bond acceptors (Lipinski definition) is 0. The molecule has 0 radical (unpaired) electrons. The Labute approximate surface area is 418 Å². The summed E-state index contributed by atoms with van der Waals surface area (Å²) in [5.41, 5.74) is 19.2. The Hall–Kier alpha value is -6.31. The van der Waals surface area contributed by atoms with E-state index < -0.39 is 0 Å². The predicted molar refractivity (Wildman–Crippen MR) is 298 cm³/mol. The lowest BCUT2D eigenvalue weighted by Crippen LogP contribution is -1.96. The zero-order chi connectivity index (χ0) is 44.1. The van der Waals surface area contributed by atoms with E-state index in [-0.39, 0.29) is 7.43 Å². The Balaban J connectivity index is 0.000000136. The van der Waals surface area contributed by atoms with Crippen molar-refractivity contribution >= 4 is 76.3 Å². The van der Waals surface area contributed by atoms with E-state index >= 15 is 0 Å². The van der Waals surface area contributed by atoms with Crippen LogP contribution in [0.3, 0.4) is 0 Å². The van der Waals surface area contributed by atoms with Crippen molar-refractivity contribution in [3.05, 3.63) is 266 Å². The molecule has 0 fully saturated rings. The fourth-order valence-electron chi connectivity index (χ4n) is 8.85. The molecule has 12 rings (SSSR count).